The number of methoxy groups -OCH3 is 3. The van der Waals surface area contributed by atoms with Crippen LogP contribution in [0.3, 0.4) is 0 Å². The van der Waals surface area contributed by atoms with E-state index in [1.807, 2.05) is 26.0 Å². The SMILES string of the molecule is COc1cc(C=Nc2cc(C)cc(C)c2O)cc(OC)c1OC.[Cl][Zr][Cl]. The number of nitrogens with zero attached hydrogens (tertiary/aromatic N) is 1. The van der Waals surface area contributed by atoms with Gasteiger partial charge in [0, 0.05) is 11.8 Å². The monoisotopic (exact) mass is 475 g/mol. The van der Waals surface area contributed by atoms with Crippen LogP contribution >= 0.6 is 17.0 Å². The van der Waals surface area contributed by atoms with Crippen LogP contribution in [0, 0.1) is 13.8 Å². The summed E-state index contributed by atoms with van der Waals surface area (Å²) in [6, 6.07) is 7.33. The maximum atomic E-state index is 10.1. The van der Waals surface area contributed by atoms with Crippen LogP contribution < -0.4 is 14.2 Å². The van der Waals surface area contributed by atoms with Crippen molar-refractivity contribution in [2.24, 2.45) is 4.99 Å². The number of phenols is 1. The van der Waals surface area contributed by atoms with E-state index in [4.69, 9.17) is 31.2 Å². The molecule has 0 amide bonds. The first-order chi connectivity index (χ1) is 12.4. The summed E-state index contributed by atoms with van der Waals surface area (Å²) >= 11 is -0.826. The van der Waals surface area contributed by atoms with Gasteiger partial charge in [-0.25, -0.2) is 0 Å². The van der Waals surface area contributed by atoms with Gasteiger partial charge in [-0.3, -0.25) is 4.99 Å². The van der Waals surface area contributed by atoms with Crippen molar-refractivity contribution in [2.75, 3.05) is 21.3 Å². The second-order valence-corrected chi connectivity index (χ2v) is 8.97. The predicted molar refractivity (Wildman–Crippen MR) is 103 cm³/mol. The fourth-order valence-electron chi connectivity index (χ4n) is 2.36. The quantitative estimate of drug-likeness (QED) is 0.605. The summed E-state index contributed by atoms with van der Waals surface area (Å²) in [5, 5.41) is 10.1. The molecule has 1 N–H and O–H groups in total. The standard InChI is InChI=1S/C18H21NO4.2ClH.Zr/c1-11-6-12(2)17(20)14(7-11)19-10-13-8-15(21-3)18(23-5)16(9-13)22-4;;;/h6-10,20H,1-5H3;2*1H;/q;;;+2/p-2. The van der Waals surface area contributed by atoms with Crippen LogP contribution in [0.25, 0.3) is 0 Å². The number of aromatic hydroxyl groups is 1. The molecular weight excluding hydrogens is 456 g/mol. The van der Waals surface area contributed by atoms with Gasteiger partial charge < -0.3 is 19.3 Å². The Labute approximate surface area is 172 Å². The van der Waals surface area contributed by atoms with Crippen molar-refractivity contribution >= 4 is 28.9 Å². The minimum atomic E-state index is -0.826. The van der Waals surface area contributed by atoms with Gasteiger partial charge in [-0.1, -0.05) is 6.07 Å². The number of hydrogen-bond acceptors (Lipinski definition) is 5. The van der Waals surface area contributed by atoms with E-state index in [0.29, 0.717) is 22.9 Å². The van der Waals surface area contributed by atoms with Crippen LogP contribution in [0.4, 0.5) is 5.69 Å². The summed E-state index contributed by atoms with van der Waals surface area (Å²) in [6.07, 6.45) is 1.65. The number of hydrogen-bond donors (Lipinski definition) is 1. The molecule has 0 aromatic heterocycles. The third kappa shape index (κ3) is 6.19. The summed E-state index contributed by atoms with van der Waals surface area (Å²) in [4.78, 5) is 4.38. The summed E-state index contributed by atoms with van der Waals surface area (Å²) in [6.45, 7) is 3.81. The van der Waals surface area contributed by atoms with Crippen molar-refractivity contribution in [1.29, 1.82) is 0 Å². The number of ether oxygens (including phenoxy) is 3. The average molecular weight is 477 g/mol. The number of aryl methyl sites for hydroxylation is 2. The van der Waals surface area contributed by atoms with Gasteiger partial charge in [0.05, 0.1) is 21.3 Å². The molecular formula is C18H21Cl2NO4Zr. The minimum absolute atomic E-state index is 0.180. The Bertz CT molecular complexity index is 744. The van der Waals surface area contributed by atoms with E-state index in [2.05, 4.69) is 4.99 Å². The molecule has 2 rings (SSSR count). The molecule has 0 aliphatic heterocycles. The molecule has 26 heavy (non-hydrogen) atoms. The van der Waals surface area contributed by atoms with Gasteiger partial charge in [0.25, 0.3) is 0 Å². The molecule has 2 aromatic rings. The van der Waals surface area contributed by atoms with Crippen LogP contribution in [-0.2, 0) is 20.8 Å². The molecule has 0 aliphatic carbocycles. The van der Waals surface area contributed by atoms with Gasteiger partial charge in [0.2, 0.25) is 5.75 Å². The molecule has 0 unspecified atom stereocenters. The summed E-state index contributed by atoms with van der Waals surface area (Å²) in [5.41, 5.74) is 3.13. The predicted octanol–water partition coefficient (Wildman–Crippen LogP) is 5.16. The topological polar surface area (TPSA) is 60.3 Å². The number of benzene rings is 2. The van der Waals surface area contributed by atoms with Crippen molar-refractivity contribution in [2.45, 2.75) is 13.8 Å². The molecule has 0 saturated carbocycles. The number of aliphatic imine (C=N–C) groups is 1. The Hall–Kier alpha value is -1.23. The van der Waals surface area contributed by atoms with E-state index in [9.17, 15) is 5.11 Å². The molecule has 0 saturated heterocycles. The van der Waals surface area contributed by atoms with E-state index in [1.54, 1.807) is 39.7 Å². The molecule has 5 nitrogen and oxygen atoms in total. The Balaban J connectivity index is 0.00000105. The molecule has 8 heteroatoms. The van der Waals surface area contributed by atoms with Gasteiger partial charge in [-0.2, -0.15) is 0 Å². The van der Waals surface area contributed by atoms with Crippen molar-refractivity contribution in [1.82, 2.24) is 0 Å². The fraction of sp³-hybridized carbons (Fsp3) is 0.278. The van der Waals surface area contributed by atoms with Gasteiger partial charge in [0.1, 0.15) is 11.4 Å². The van der Waals surface area contributed by atoms with E-state index >= 15 is 0 Å². The van der Waals surface area contributed by atoms with Crippen molar-refractivity contribution < 1.29 is 40.2 Å². The molecule has 2 aromatic carbocycles. The number of phenolic OH excluding ortho intramolecular Hbond substituents is 1. The Kier molecular flexibility index (Phi) is 10.1. The van der Waals surface area contributed by atoms with E-state index < -0.39 is 20.8 Å². The van der Waals surface area contributed by atoms with Gasteiger partial charge in [0.15, 0.2) is 11.5 Å². The normalized spacial score (nSPS) is 10.1. The molecule has 0 fully saturated rings. The summed E-state index contributed by atoms with van der Waals surface area (Å²) in [7, 11) is 14.6. The Morgan fingerprint density at radius 2 is 1.50 bits per heavy atom. The zero-order valence-corrected chi connectivity index (χ0v) is 19.2. The van der Waals surface area contributed by atoms with Crippen LogP contribution in [0.15, 0.2) is 29.3 Å². The molecule has 0 radical (unpaired) electrons. The van der Waals surface area contributed by atoms with Crippen LogP contribution in [0.2, 0.25) is 0 Å². The molecule has 0 aliphatic rings. The van der Waals surface area contributed by atoms with E-state index in [1.165, 1.54) is 0 Å². The van der Waals surface area contributed by atoms with Crippen molar-refractivity contribution in [3.8, 4) is 23.0 Å². The van der Waals surface area contributed by atoms with Gasteiger partial charge in [-0.05, 0) is 43.2 Å². The molecule has 140 valence electrons. The van der Waals surface area contributed by atoms with E-state index in [-0.39, 0.29) is 5.75 Å². The van der Waals surface area contributed by atoms with Crippen LogP contribution in [0.5, 0.6) is 23.0 Å². The Morgan fingerprint density at radius 1 is 0.962 bits per heavy atom. The van der Waals surface area contributed by atoms with Crippen LogP contribution in [-0.4, -0.2) is 32.7 Å². The zero-order chi connectivity index (χ0) is 19.7. The molecule has 0 bridgehead atoms. The first-order valence-electron chi connectivity index (χ1n) is 7.52. The second-order valence-electron chi connectivity index (χ2n) is 5.24. The average Bonchev–Trinajstić information content (AvgIpc) is 2.63. The van der Waals surface area contributed by atoms with Crippen molar-refractivity contribution in [3.05, 3.63) is 41.0 Å². The zero-order valence-electron chi connectivity index (χ0n) is 15.3. The van der Waals surface area contributed by atoms with Crippen molar-refractivity contribution in [3.63, 3.8) is 0 Å². The molecule has 0 atom stereocenters. The van der Waals surface area contributed by atoms with Gasteiger partial charge in [-0.15, -0.1) is 0 Å². The number of halogens is 2. The Morgan fingerprint density at radius 3 is 1.96 bits per heavy atom. The third-order valence-electron chi connectivity index (χ3n) is 3.46. The fourth-order valence-corrected chi connectivity index (χ4v) is 2.36. The summed E-state index contributed by atoms with van der Waals surface area (Å²) in [5.74, 6) is 1.82. The first-order valence-corrected chi connectivity index (χ1v) is 13.8. The maximum absolute atomic E-state index is 10.1. The van der Waals surface area contributed by atoms with Gasteiger partial charge >= 0.3 is 37.9 Å². The number of rotatable bonds is 5. The second kappa shape index (κ2) is 11.5. The third-order valence-corrected chi connectivity index (χ3v) is 3.46. The molecule has 0 heterocycles. The summed E-state index contributed by atoms with van der Waals surface area (Å²) < 4.78 is 15.9. The van der Waals surface area contributed by atoms with Crippen LogP contribution in [0.1, 0.15) is 16.7 Å². The molecule has 0 spiro atoms. The van der Waals surface area contributed by atoms with E-state index in [0.717, 1.165) is 16.7 Å². The first kappa shape index (κ1) is 22.8.